The van der Waals surface area contributed by atoms with Gasteiger partial charge >= 0.3 is 5.97 Å². The lowest BCUT2D eigenvalue weighted by atomic mass is 10.0. The molecule has 0 aromatic heterocycles. The molecule has 5 nitrogen and oxygen atoms in total. The minimum absolute atomic E-state index is 0.0855. The Hall–Kier alpha value is -1.11. The standard InChI is InChI=1S/C11H13BrO5/c1-2-17-11(16)10(15)9(14)6-4-3-5-7(13)8(6)12/h3-5,9-10,13-15H,2H2,1H3. The Balaban J connectivity index is 2.92. The fourth-order valence-corrected chi connectivity index (χ4v) is 1.79. The smallest absolute Gasteiger partial charge is 0.338 e. The number of benzene rings is 1. The zero-order valence-electron chi connectivity index (χ0n) is 9.13. The maximum atomic E-state index is 11.2. The number of hydrogen-bond donors (Lipinski definition) is 3. The normalized spacial score (nSPS) is 14.1. The molecule has 0 bridgehead atoms. The van der Waals surface area contributed by atoms with Gasteiger partial charge in [-0.25, -0.2) is 4.79 Å². The van der Waals surface area contributed by atoms with Gasteiger partial charge in [-0.3, -0.25) is 0 Å². The van der Waals surface area contributed by atoms with Gasteiger partial charge in [0.15, 0.2) is 6.10 Å². The van der Waals surface area contributed by atoms with Crippen molar-refractivity contribution in [3.05, 3.63) is 28.2 Å². The molecule has 3 N–H and O–H groups in total. The first kappa shape index (κ1) is 14.0. The van der Waals surface area contributed by atoms with Gasteiger partial charge in [0.2, 0.25) is 0 Å². The molecule has 94 valence electrons. The van der Waals surface area contributed by atoms with Crippen LogP contribution in [0.15, 0.2) is 22.7 Å². The molecular weight excluding hydrogens is 292 g/mol. The molecule has 1 rings (SSSR count). The van der Waals surface area contributed by atoms with Gasteiger partial charge in [-0.15, -0.1) is 0 Å². The molecule has 1 aromatic carbocycles. The fourth-order valence-electron chi connectivity index (χ4n) is 1.29. The summed E-state index contributed by atoms with van der Waals surface area (Å²) >= 11 is 3.06. The highest BCUT2D eigenvalue weighted by molar-refractivity contribution is 9.10. The van der Waals surface area contributed by atoms with E-state index >= 15 is 0 Å². The van der Waals surface area contributed by atoms with Gasteiger partial charge in [-0.2, -0.15) is 0 Å². The lowest BCUT2D eigenvalue weighted by Gasteiger charge is -2.18. The number of rotatable bonds is 4. The third kappa shape index (κ3) is 3.18. The largest absolute Gasteiger partial charge is 0.507 e. The number of carbonyl (C=O) groups excluding carboxylic acids is 1. The average Bonchev–Trinajstić information content (AvgIpc) is 2.31. The minimum Gasteiger partial charge on any atom is -0.507 e. The van der Waals surface area contributed by atoms with E-state index in [1.54, 1.807) is 6.92 Å². The summed E-state index contributed by atoms with van der Waals surface area (Å²) in [6, 6.07) is 4.39. The summed E-state index contributed by atoms with van der Waals surface area (Å²) in [7, 11) is 0. The molecule has 6 heteroatoms. The predicted molar refractivity (Wildman–Crippen MR) is 63.4 cm³/mol. The van der Waals surface area contributed by atoms with Crippen molar-refractivity contribution in [3.8, 4) is 5.75 Å². The van der Waals surface area contributed by atoms with E-state index in [2.05, 4.69) is 20.7 Å². The highest BCUT2D eigenvalue weighted by Gasteiger charge is 2.28. The van der Waals surface area contributed by atoms with E-state index in [4.69, 9.17) is 0 Å². The van der Waals surface area contributed by atoms with Crippen LogP contribution in [0.1, 0.15) is 18.6 Å². The molecule has 0 aliphatic rings. The van der Waals surface area contributed by atoms with Gasteiger partial charge in [0.25, 0.3) is 0 Å². The first-order valence-corrected chi connectivity index (χ1v) is 5.78. The van der Waals surface area contributed by atoms with Crippen molar-refractivity contribution in [2.45, 2.75) is 19.1 Å². The lowest BCUT2D eigenvalue weighted by Crippen LogP contribution is -2.30. The van der Waals surface area contributed by atoms with Crippen molar-refractivity contribution >= 4 is 21.9 Å². The summed E-state index contributed by atoms with van der Waals surface area (Å²) in [6.07, 6.45) is -3.15. The van der Waals surface area contributed by atoms with Crippen LogP contribution < -0.4 is 0 Å². The Kier molecular flexibility index (Phi) is 4.92. The molecule has 0 saturated heterocycles. The van der Waals surface area contributed by atoms with Crippen LogP contribution in [0.3, 0.4) is 0 Å². The molecule has 0 amide bonds. The van der Waals surface area contributed by atoms with E-state index in [0.717, 1.165) is 0 Å². The van der Waals surface area contributed by atoms with Crippen molar-refractivity contribution in [1.82, 2.24) is 0 Å². The monoisotopic (exact) mass is 304 g/mol. The van der Waals surface area contributed by atoms with Crippen molar-refractivity contribution in [2.75, 3.05) is 6.61 Å². The number of carbonyl (C=O) groups is 1. The first-order valence-electron chi connectivity index (χ1n) is 4.99. The topological polar surface area (TPSA) is 87.0 Å². The van der Waals surface area contributed by atoms with Crippen LogP contribution in [-0.4, -0.2) is 34.0 Å². The summed E-state index contributed by atoms with van der Waals surface area (Å²) < 4.78 is 4.82. The van der Waals surface area contributed by atoms with Gasteiger partial charge in [0.1, 0.15) is 11.9 Å². The number of esters is 1. The maximum Gasteiger partial charge on any atom is 0.338 e. The van der Waals surface area contributed by atoms with E-state index in [1.165, 1.54) is 18.2 Å². The molecule has 0 aliphatic heterocycles. The van der Waals surface area contributed by atoms with Crippen LogP contribution in [0, 0.1) is 0 Å². The van der Waals surface area contributed by atoms with Crippen LogP contribution in [0.25, 0.3) is 0 Å². The number of halogens is 1. The Bertz CT molecular complexity index is 407. The van der Waals surface area contributed by atoms with Gasteiger partial charge < -0.3 is 20.1 Å². The molecule has 0 fully saturated rings. The summed E-state index contributed by atoms with van der Waals surface area (Å²) in [5.41, 5.74) is 0.213. The number of ether oxygens (including phenoxy) is 1. The Morgan fingerprint density at radius 2 is 2.12 bits per heavy atom. The van der Waals surface area contributed by atoms with Crippen LogP contribution >= 0.6 is 15.9 Å². The van der Waals surface area contributed by atoms with Crippen LogP contribution in [0.5, 0.6) is 5.75 Å². The number of phenols is 1. The van der Waals surface area contributed by atoms with Crippen LogP contribution in [0.4, 0.5) is 0 Å². The van der Waals surface area contributed by atoms with Gasteiger partial charge in [0.05, 0.1) is 11.1 Å². The highest BCUT2D eigenvalue weighted by atomic mass is 79.9. The summed E-state index contributed by atoms with van der Waals surface area (Å²) in [4.78, 5) is 11.2. The molecule has 0 spiro atoms. The summed E-state index contributed by atoms with van der Waals surface area (Å²) in [5, 5.41) is 28.8. The van der Waals surface area contributed by atoms with Crippen LogP contribution in [0.2, 0.25) is 0 Å². The quantitative estimate of drug-likeness (QED) is 0.726. The molecule has 2 unspecified atom stereocenters. The lowest BCUT2D eigenvalue weighted by molar-refractivity contribution is -0.159. The summed E-state index contributed by atoms with van der Waals surface area (Å²) in [6.45, 7) is 1.71. The second-order valence-corrected chi connectivity index (χ2v) is 4.12. The zero-order chi connectivity index (χ0) is 13.0. The molecular formula is C11H13BrO5. The molecule has 2 atom stereocenters. The number of aliphatic hydroxyl groups excluding tert-OH is 2. The third-order valence-corrected chi connectivity index (χ3v) is 3.02. The molecule has 0 radical (unpaired) electrons. The maximum absolute atomic E-state index is 11.2. The van der Waals surface area contributed by atoms with Crippen LogP contribution in [-0.2, 0) is 9.53 Å². The second-order valence-electron chi connectivity index (χ2n) is 3.32. The number of hydrogen-bond acceptors (Lipinski definition) is 5. The van der Waals surface area contributed by atoms with Crippen molar-refractivity contribution in [1.29, 1.82) is 0 Å². The summed E-state index contributed by atoms with van der Waals surface area (Å²) in [5.74, 6) is -0.993. The van der Waals surface area contributed by atoms with Gasteiger partial charge in [-0.05, 0) is 28.9 Å². The van der Waals surface area contributed by atoms with Gasteiger partial charge in [-0.1, -0.05) is 12.1 Å². The van der Waals surface area contributed by atoms with Crippen molar-refractivity contribution in [3.63, 3.8) is 0 Å². The molecule has 0 saturated carbocycles. The number of aliphatic hydroxyl groups is 2. The van der Waals surface area contributed by atoms with E-state index < -0.39 is 18.2 Å². The molecule has 0 heterocycles. The van der Waals surface area contributed by atoms with Crippen molar-refractivity contribution in [2.24, 2.45) is 0 Å². The fraction of sp³-hybridized carbons (Fsp3) is 0.364. The first-order chi connectivity index (χ1) is 7.99. The predicted octanol–water partition coefficient (Wildman–Crippen LogP) is 1.11. The average molecular weight is 305 g/mol. The second kappa shape index (κ2) is 6.00. The zero-order valence-corrected chi connectivity index (χ0v) is 10.7. The Labute approximate surface area is 107 Å². The van der Waals surface area contributed by atoms with Crippen molar-refractivity contribution < 1.29 is 24.9 Å². The number of aromatic hydroxyl groups is 1. The molecule has 0 aliphatic carbocycles. The van der Waals surface area contributed by atoms with Gasteiger partial charge in [0, 0.05) is 5.56 Å². The highest BCUT2D eigenvalue weighted by Crippen LogP contribution is 2.32. The molecule has 17 heavy (non-hydrogen) atoms. The van der Waals surface area contributed by atoms with E-state index in [-0.39, 0.29) is 22.4 Å². The minimum atomic E-state index is -1.69. The van der Waals surface area contributed by atoms with E-state index in [1.807, 2.05) is 0 Å². The van der Waals surface area contributed by atoms with E-state index in [9.17, 15) is 20.1 Å². The molecule has 1 aromatic rings. The third-order valence-electron chi connectivity index (χ3n) is 2.15. The van der Waals surface area contributed by atoms with E-state index in [0.29, 0.717) is 0 Å². The Morgan fingerprint density at radius 1 is 1.47 bits per heavy atom. The SMILES string of the molecule is CCOC(=O)C(O)C(O)c1cccc(O)c1Br. The number of phenolic OH excluding ortho intramolecular Hbond substituents is 1. The Morgan fingerprint density at radius 3 is 2.71 bits per heavy atom.